The van der Waals surface area contributed by atoms with Gasteiger partial charge in [-0.15, -0.1) is 0 Å². The lowest BCUT2D eigenvalue weighted by molar-refractivity contribution is 0.0593. The maximum absolute atomic E-state index is 12.0. The number of carbonyl (C=O) groups is 1. The number of carbonyl (C=O) groups excluding carboxylic acids is 1. The molecule has 0 aliphatic rings. The molecule has 3 aromatic rings. The lowest BCUT2D eigenvalue weighted by atomic mass is 10.00. The summed E-state index contributed by atoms with van der Waals surface area (Å²) in [6, 6.07) is 17.9. The minimum atomic E-state index is -1.18. The molecule has 3 rings (SSSR count). The maximum Gasteiger partial charge on any atom is 0.315 e. The summed E-state index contributed by atoms with van der Waals surface area (Å²) < 4.78 is 1.61. The summed E-state index contributed by atoms with van der Waals surface area (Å²) in [5, 5.41) is 20.0. The molecule has 0 saturated heterocycles. The fourth-order valence-corrected chi connectivity index (χ4v) is 3.44. The van der Waals surface area contributed by atoms with Crippen molar-refractivity contribution in [1.29, 1.82) is 0 Å². The van der Waals surface area contributed by atoms with Gasteiger partial charge in [-0.2, -0.15) is 5.10 Å². The molecule has 3 N–H and O–H groups in total. The molecule has 0 aliphatic heterocycles. The normalized spacial score (nSPS) is 13.0. The molecule has 1 unspecified atom stereocenters. The molecule has 6 nitrogen and oxygen atoms in total. The molecular weight excluding hydrogens is 372 g/mol. The van der Waals surface area contributed by atoms with Crippen LogP contribution >= 0.6 is 11.8 Å². The third-order valence-corrected chi connectivity index (χ3v) is 5.29. The van der Waals surface area contributed by atoms with E-state index < -0.39 is 5.60 Å². The third-order valence-electron chi connectivity index (χ3n) is 4.28. The predicted molar refractivity (Wildman–Crippen MR) is 110 cm³/mol. The molecule has 0 bridgehead atoms. The van der Waals surface area contributed by atoms with E-state index in [9.17, 15) is 9.90 Å². The first-order valence-electron chi connectivity index (χ1n) is 8.97. The van der Waals surface area contributed by atoms with Crippen molar-refractivity contribution >= 4 is 17.8 Å². The summed E-state index contributed by atoms with van der Waals surface area (Å²) in [4.78, 5) is 14.4. The van der Waals surface area contributed by atoms with Crippen LogP contribution in [0.4, 0.5) is 4.79 Å². The second kappa shape index (κ2) is 8.95. The van der Waals surface area contributed by atoms with E-state index >= 15 is 0 Å². The van der Waals surface area contributed by atoms with Crippen LogP contribution < -0.4 is 10.6 Å². The fraction of sp³-hybridized carbons (Fsp3) is 0.238. The first kappa shape index (κ1) is 20.0. The van der Waals surface area contributed by atoms with Crippen molar-refractivity contribution < 1.29 is 9.90 Å². The Morgan fingerprint density at radius 1 is 1.11 bits per heavy atom. The molecular formula is C21H24N4O2S. The number of nitrogens with one attached hydrogen (secondary N) is 2. The van der Waals surface area contributed by atoms with E-state index in [1.165, 1.54) is 4.90 Å². The van der Waals surface area contributed by atoms with E-state index in [2.05, 4.69) is 27.9 Å². The zero-order valence-corrected chi connectivity index (χ0v) is 16.7. The van der Waals surface area contributed by atoms with Crippen LogP contribution in [0.25, 0.3) is 0 Å². The summed E-state index contributed by atoms with van der Waals surface area (Å²) in [6.45, 7) is 2.15. The number of benzene rings is 2. The van der Waals surface area contributed by atoms with Crippen LogP contribution in [-0.2, 0) is 19.2 Å². The molecule has 2 aromatic carbocycles. The number of amides is 2. The van der Waals surface area contributed by atoms with Crippen LogP contribution in [0, 0.1) is 0 Å². The van der Waals surface area contributed by atoms with Crippen molar-refractivity contribution in [3.63, 3.8) is 0 Å². The molecule has 0 saturated carbocycles. The van der Waals surface area contributed by atoms with Crippen molar-refractivity contribution in [2.45, 2.75) is 28.9 Å². The molecule has 0 spiro atoms. The highest BCUT2D eigenvalue weighted by Crippen LogP contribution is 2.27. The van der Waals surface area contributed by atoms with Crippen LogP contribution in [-0.4, -0.2) is 27.5 Å². The van der Waals surface area contributed by atoms with Gasteiger partial charge in [-0.05, 0) is 36.8 Å². The lowest BCUT2D eigenvalue weighted by Crippen LogP contribution is -2.43. The number of aromatic nitrogens is 2. The number of hydrogen-bond acceptors (Lipinski definition) is 4. The minimum absolute atomic E-state index is 0.0944. The van der Waals surface area contributed by atoms with Gasteiger partial charge in [0.2, 0.25) is 0 Å². The fourth-order valence-electron chi connectivity index (χ4n) is 2.60. The SMILES string of the molecule is Cn1cc(C(C)(O)CNC(=O)NCc2ccc(Sc3ccccc3)cc2)cn1. The first-order chi connectivity index (χ1) is 13.4. The van der Waals surface area contributed by atoms with Gasteiger partial charge < -0.3 is 15.7 Å². The van der Waals surface area contributed by atoms with Crippen LogP contribution in [0.2, 0.25) is 0 Å². The summed E-state index contributed by atoms with van der Waals surface area (Å²) in [5.74, 6) is 0. The molecule has 2 amide bonds. The van der Waals surface area contributed by atoms with E-state index in [0.29, 0.717) is 12.1 Å². The second-order valence-corrected chi connectivity index (χ2v) is 7.92. The molecule has 1 aromatic heterocycles. The highest BCUT2D eigenvalue weighted by atomic mass is 32.2. The summed E-state index contributed by atoms with van der Waals surface area (Å²) >= 11 is 1.70. The zero-order chi connectivity index (χ0) is 20.0. The smallest absolute Gasteiger partial charge is 0.315 e. The highest BCUT2D eigenvalue weighted by Gasteiger charge is 2.25. The minimum Gasteiger partial charge on any atom is -0.383 e. The maximum atomic E-state index is 12.0. The Labute approximate surface area is 169 Å². The summed E-state index contributed by atoms with van der Waals surface area (Å²) in [6.07, 6.45) is 3.32. The summed E-state index contributed by atoms with van der Waals surface area (Å²) in [7, 11) is 1.78. The largest absolute Gasteiger partial charge is 0.383 e. The number of nitrogens with zero attached hydrogens (tertiary/aromatic N) is 2. The molecule has 1 atom stereocenters. The van der Waals surface area contributed by atoms with Gasteiger partial charge in [0.05, 0.1) is 12.7 Å². The first-order valence-corrected chi connectivity index (χ1v) is 9.79. The number of aryl methyl sites for hydroxylation is 1. The van der Waals surface area contributed by atoms with Crippen LogP contribution in [0.5, 0.6) is 0 Å². The van der Waals surface area contributed by atoms with Gasteiger partial charge in [-0.1, -0.05) is 42.1 Å². The Hall–Kier alpha value is -2.77. The zero-order valence-electron chi connectivity index (χ0n) is 15.9. The number of urea groups is 1. The molecule has 0 fully saturated rings. The van der Waals surface area contributed by atoms with Crippen molar-refractivity contribution in [2.75, 3.05) is 6.54 Å². The Balaban J connectivity index is 1.45. The van der Waals surface area contributed by atoms with Crippen LogP contribution in [0.3, 0.4) is 0 Å². The van der Waals surface area contributed by atoms with Gasteiger partial charge in [0.25, 0.3) is 0 Å². The van der Waals surface area contributed by atoms with Crippen molar-refractivity contribution in [3.8, 4) is 0 Å². The number of rotatable bonds is 7. The van der Waals surface area contributed by atoms with Crippen LogP contribution in [0.15, 0.2) is 76.8 Å². The van der Waals surface area contributed by atoms with E-state index in [1.807, 2.05) is 42.5 Å². The van der Waals surface area contributed by atoms with Crippen molar-refractivity contribution in [3.05, 3.63) is 78.1 Å². The molecule has 146 valence electrons. The van der Waals surface area contributed by atoms with Gasteiger partial charge >= 0.3 is 6.03 Å². The Kier molecular flexibility index (Phi) is 6.38. The average Bonchev–Trinajstić information content (AvgIpc) is 3.14. The van der Waals surface area contributed by atoms with Crippen molar-refractivity contribution in [2.24, 2.45) is 7.05 Å². The molecule has 1 heterocycles. The van der Waals surface area contributed by atoms with Gasteiger partial charge in [0.15, 0.2) is 0 Å². The molecule has 0 aliphatic carbocycles. The second-order valence-electron chi connectivity index (χ2n) is 6.77. The molecule has 7 heteroatoms. The monoisotopic (exact) mass is 396 g/mol. The van der Waals surface area contributed by atoms with Gasteiger partial charge in [-0.25, -0.2) is 4.79 Å². The quantitative estimate of drug-likeness (QED) is 0.573. The topological polar surface area (TPSA) is 79.2 Å². The average molecular weight is 397 g/mol. The van der Waals surface area contributed by atoms with E-state index in [-0.39, 0.29) is 12.6 Å². The molecule has 0 radical (unpaired) electrons. The Morgan fingerprint density at radius 2 is 1.79 bits per heavy atom. The number of aliphatic hydroxyl groups is 1. The van der Waals surface area contributed by atoms with E-state index in [1.54, 1.807) is 42.8 Å². The van der Waals surface area contributed by atoms with Crippen LogP contribution in [0.1, 0.15) is 18.1 Å². The summed E-state index contributed by atoms with van der Waals surface area (Å²) in [5.41, 5.74) is 0.482. The van der Waals surface area contributed by atoms with E-state index in [0.717, 1.165) is 10.5 Å². The Morgan fingerprint density at radius 3 is 2.43 bits per heavy atom. The van der Waals surface area contributed by atoms with Gasteiger partial charge in [0, 0.05) is 35.1 Å². The molecule has 28 heavy (non-hydrogen) atoms. The van der Waals surface area contributed by atoms with Gasteiger partial charge in [-0.3, -0.25) is 4.68 Å². The van der Waals surface area contributed by atoms with E-state index in [4.69, 9.17) is 0 Å². The highest BCUT2D eigenvalue weighted by molar-refractivity contribution is 7.99. The van der Waals surface area contributed by atoms with Gasteiger partial charge in [0.1, 0.15) is 5.60 Å². The van der Waals surface area contributed by atoms with Crippen molar-refractivity contribution in [1.82, 2.24) is 20.4 Å². The lowest BCUT2D eigenvalue weighted by Gasteiger charge is -2.22. The third kappa shape index (κ3) is 5.61. The Bertz CT molecular complexity index is 908. The predicted octanol–water partition coefficient (Wildman–Crippen LogP) is 3.28. The number of hydrogen-bond donors (Lipinski definition) is 3. The standard InChI is InChI=1S/C21H24N4O2S/c1-21(27,17-13-24-25(2)14-17)15-23-20(26)22-12-16-8-10-19(11-9-16)28-18-6-4-3-5-7-18/h3-11,13-14,27H,12,15H2,1-2H3,(H2,22,23,26).